The maximum atomic E-state index is 13.2. The van der Waals surface area contributed by atoms with Crippen LogP contribution in [0.2, 0.25) is 0 Å². The van der Waals surface area contributed by atoms with Crippen LogP contribution in [-0.2, 0) is 11.3 Å². The number of nitrogens with zero attached hydrogens (tertiary/aromatic N) is 5. The van der Waals surface area contributed by atoms with Gasteiger partial charge in [0.2, 0.25) is 0 Å². The molecule has 172 valence electrons. The second-order valence-electron chi connectivity index (χ2n) is 7.67. The number of carbonyl (C=O) groups excluding carboxylic acids is 2. The Bertz CT molecular complexity index is 1080. The fourth-order valence-electron chi connectivity index (χ4n) is 3.76. The van der Waals surface area contributed by atoms with Crippen molar-refractivity contribution < 1.29 is 23.5 Å². The van der Waals surface area contributed by atoms with Crippen LogP contribution in [0.5, 0.6) is 5.75 Å². The van der Waals surface area contributed by atoms with Crippen molar-refractivity contribution in [2.24, 2.45) is 5.73 Å². The molecule has 1 saturated heterocycles. The number of rotatable bonds is 8. The fourth-order valence-corrected chi connectivity index (χ4v) is 3.76. The third-order valence-corrected chi connectivity index (χ3v) is 5.40. The summed E-state index contributed by atoms with van der Waals surface area (Å²) in [6, 6.07) is 13.2. The van der Waals surface area contributed by atoms with Gasteiger partial charge in [-0.2, -0.15) is 4.80 Å². The molecule has 3 aromatic rings. The summed E-state index contributed by atoms with van der Waals surface area (Å²) in [5, 5.41) is 11.2. The lowest BCUT2D eigenvalue weighted by Gasteiger charge is -2.18. The van der Waals surface area contributed by atoms with Gasteiger partial charge in [-0.1, -0.05) is 12.1 Å². The molecule has 0 radical (unpaired) electrons. The number of likely N-dealkylation sites (tertiary alicyclic amines) is 1. The third-order valence-electron chi connectivity index (χ3n) is 5.40. The van der Waals surface area contributed by atoms with Gasteiger partial charge in [0.1, 0.15) is 24.7 Å². The minimum Gasteiger partial charge on any atom is -0.490 e. The first-order valence-corrected chi connectivity index (χ1v) is 10.4. The molecule has 1 aliphatic heterocycles. The van der Waals surface area contributed by atoms with Gasteiger partial charge in [-0.3, -0.25) is 4.79 Å². The van der Waals surface area contributed by atoms with E-state index < -0.39 is 12.2 Å². The van der Waals surface area contributed by atoms with E-state index in [1.165, 1.54) is 23.3 Å². The molecule has 1 aromatic heterocycles. The summed E-state index contributed by atoms with van der Waals surface area (Å²) >= 11 is 0. The Morgan fingerprint density at radius 1 is 1.15 bits per heavy atom. The van der Waals surface area contributed by atoms with Crippen molar-refractivity contribution >= 4 is 12.0 Å². The highest BCUT2D eigenvalue weighted by atomic mass is 19.1. The number of halogens is 1. The van der Waals surface area contributed by atoms with Crippen molar-refractivity contribution in [3.63, 3.8) is 0 Å². The summed E-state index contributed by atoms with van der Waals surface area (Å²) in [5.74, 6) is 0.355. The summed E-state index contributed by atoms with van der Waals surface area (Å²) in [7, 11) is 0. The van der Waals surface area contributed by atoms with Crippen LogP contribution in [-0.4, -0.2) is 62.9 Å². The molecule has 2 aromatic carbocycles. The summed E-state index contributed by atoms with van der Waals surface area (Å²) in [6.07, 6.45) is 0.445. The zero-order chi connectivity index (χ0) is 23.2. The third kappa shape index (κ3) is 5.82. The number of benzene rings is 2. The molecule has 2 amide bonds. The van der Waals surface area contributed by atoms with Gasteiger partial charge >= 0.3 is 6.09 Å². The van der Waals surface area contributed by atoms with Gasteiger partial charge in [-0.05, 0) is 53.6 Å². The van der Waals surface area contributed by atoms with E-state index in [2.05, 4.69) is 15.4 Å². The number of nitrogens with two attached hydrogens (primary N) is 1. The second kappa shape index (κ2) is 10.1. The molecule has 0 bridgehead atoms. The predicted octanol–water partition coefficient (Wildman–Crippen LogP) is 1.98. The number of amides is 2. The van der Waals surface area contributed by atoms with Gasteiger partial charge in [0.05, 0.1) is 0 Å². The molecular weight excluding hydrogens is 431 g/mol. The lowest BCUT2D eigenvalue weighted by molar-refractivity contribution is 0.0559. The molecule has 0 spiro atoms. The zero-order valence-electron chi connectivity index (χ0n) is 17.7. The Balaban J connectivity index is 1.32. The molecule has 2 N–H and O–H groups in total. The highest BCUT2D eigenvalue weighted by molar-refractivity contribution is 5.94. The molecule has 0 saturated carbocycles. The molecule has 2 unspecified atom stereocenters. The summed E-state index contributed by atoms with van der Waals surface area (Å²) in [6.45, 7) is 1.37. The topological polar surface area (TPSA) is 125 Å². The van der Waals surface area contributed by atoms with Crippen molar-refractivity contribution in [3.05, 3.63) is 71.8 Å². The number of carbonyl (C=O) groups is 2. The number of hydrogen-bond donors (Lipinski definition) is 1. The van der Waals surface area contributed by atoms with Gasteiger partial charge in [0, 0.05) is 24.6 Å². The van der Waals surface area contributed by atoms with Gasteiger partial charge in [-0.25, -0.2) is 9.18 Å². The minimum absolute atomic E-state index is 0.0171. The molecule has 1 aliphatic rings. The molecule has 33 heavy (non-hydrogen) atoms. The van der Waals surface area contributed by atoms with E-state index in [1.807, 2.05) is 0 Å². The van der Waals surface area contributed by atoms with Crippen LogP contribution in [0.15, 0.2) is 54.9 Å². The first-order chi connectivity index (χ1) is 16.0. The minimum atomic E-state index is -0.936. The predicted molar refractivity (Wildman–Crippen MR) is 114 cm³/mol. The summed E-state index contributed by atoms with van der Waals surface area (Å²) in [5.41, 5.74) is 6.69. The van der Waals surface area contributed by atoms with Crippen LogP contribution in [0.4, 0.5) is 9.18 Å². The van der Waals surface area contributed by atoms with Crippen molar-refractivity contribution in [2.45, 2.75) is 25.0 Å². The van der Waals surface area contributed by atoms with Crippen LogP contribution >= 0.6 is 0 Å². The SMILES string of the molecule is NC(=O)OC(COc1ccc(C(=O)N2CCC(c3ccc(F)cc3)C2)cc1)Cn1ncnn1. The van der Waals surface area contributed by atoms with Crippen LogP contribution in [0.1, 0.15) is 28.3 Å². The average molecular weight is 454 g/mol. The maximum absolute atomic E-state index is 13.2. The normalized spacial score (nSPS) is 16.4. The van der Waals surface area contributed by atoms with Crippen molar-refractivity contribution in [1.82, 2.24) is 25.1 Å². The average Bonchev–Trinajstić information content (AvgIpc) is 3.50. The van der Waals surface area contributed by atoms with E-state index in [1.54, 1.807) is 41.3 Å². The summed E-state index contributed by atoms with van der Waals surface area (Å²) in [4.78, 5) is 27.1. The number of tetrazole rings is 1. The smallest absolute Gasteiger partial charge is 0.404 e. The molecule has 10 nitrogen and oxygen atoms in total. The molecule has 1 fully saturated rings. The number of hydrogen-bond acceptors (Lipinski definition) is 7. The second-order valence-corrected chi connectivity index (χ2v) is 7.67. The molecule has 2 atom stereocenters. The number of ether oxygens (including phenoxy) is 2. The van der Waals surface area contributed by atoms with E-state index in [0.29, 0.717) is 24.4 Å². The quantitative estimate of drug-likeness (QED) is 0.552. The van der Waals surface area contributed by atoms with Crippen molar-refractivity contribution in [3.8, 4) is 5.75 Å². The van der Waals surface area contributed by atoms with Gasteiger partial charge in [-0.15, -0.1) is 10.2 Å². The van der Waals surface area contributed by atoms with Gasteiger partial charge < -0.3 is 20.1 Å². The highest BCUT2D eigenvalue weighted by Gasteiger charge is 2.28. The van der Waals surface area contributed by atoms with Crippen molar-refractivity contribution in [2.75, 3.05) is 19.7 Å². The van der Waals surface area contributed by atoms with E-state index in [4.69, 9.17) is 15.2 Å². The Kier molecular flexibility index (Phi) is 6.77. The van der Waals surface area contributed by atoms with Crippen LogP contribution in [0.3, 0.4) is 0 Å². The van der Waals surface area contributed by atoms with E-state index in [-0.39, 0.29) is 30.8 Å². The maximum Gasteiger partial charge on any atom is 0.404 e. The highest BCUT2D eigenvalue weighted by Crippen LogP contribution is 2.28. The Labute approximate surface area is 189 Å². The molecule has 2 heterocycles. The lowest BCUT2D eigenvalue weighted by atomic mass is 9.99. The van der Waals surface area contributed by atoms with Crippen molar-refractivity contribution in [1.29, 1.82) is 0 Å². The van der Waals surface area contributed by atoms with E-state index in [0.717, 1.165) is 12.0 Å². The monoisotopic (exact) mass is 454 g/mol. The molecule has 4 rings (SSSR count). The van der Waals surface area contributed by atoms with E-state index >= 15 is 0 Å². The molecular formula is C22H23FN6O4. The Hall–Kier alpha value is -4.02. The Morgan fingerprint density at radius 3 is 2.58 bits per heavy atom. The number of aromatic nitrogens is 4. The van der Waals surface area contributed by atoms with Crippen LogP contribution < -0.4 is 10.5 Å². The largest absolute Gasteiger partial charge is 0.490 e. The summed E-state index contributed by atoms with van der Waals surface area (Å²) < 4.78 is 23.9. The van der Waals surface area contributed by atoms with Gasteiger partial charge in [0.25, 0.3) is 5.91 Å². The molecule has 11 heteroatoms. The van der Waals surface area contributed by atoms with Gasteiger partial charge in [0.15, 0.2) is 12.4 Å². The first-order valence-electron chi connectivity index (χ1n) is 10.4. The first kappa shape index (κ1) is 22.2. The molecule has 0 aliphatic carbocycles. The number of primary amides is 1. The Morgan fingerprint density at radius 2 is 1.91 bits per heavy atom. The van der Waals surface area contributed by atoms with Crippen LogP contribution in [0.25, 0.3) is 0 Å². The fraction of sp³-hybridized carbons (Fsp3) is 0.318. The lowest BCUT2D eigenvalue weighted by Crippen LogP contribution is -2.32. The standard InChI is InChI=1S/C22H23FN6O4/c23-18-5-1-15(2-6-18)17-9-10-28(11-17)21(30)16-3-7-19(8-4-16)32-13-20(33-22(24)31)12-29-26-14-25-27-29/h1-8,14,17,20H,9-13H2,(H2,24,31). The zero-order valence-corrected chi connectivity index (χ0v) is 17.7. The van der Waals surface area contributed by atoms with Crippen LogP contribution in [0, 0.1) is 5.82 Å². The van der Waals surface area contributed by atoms with E-state index in [9.17, 15) is 14.0 Å².